The van der Waals surface area contributed by atoms with Gasteiger partial charge in [-0.1, -0.05) is 60.7 Å². The minimum Gasteiger partial charge on any atom is -0.460 e. The number of carbonyl (C=O) groups excluding carboxylic acids is 1. The monoisotopic (exact) mass is 441 g/mol. The van der Waals surface area contributed by atoms with Gasteiger partial charge in [-0.3, -0.25) is 9.63 Å². The third-order valence-corrected chi connectivity index (χ3v) is 5.66. The molecule has 2 fully saturated rings. The number of hydrogen-bond acceptors (Lipinski definition) is 7. The Kier molecular flexibility index (Phi) is 7.23. The molecule has 4 rings (SSSR count). The van der Waals surface area contributed by atoms with Gasteiger partial charge in [-0.25, -0.2) is 0 Å². The van der Waals surface area contributed by atoms with Crippen molar-refractivity contribution in [1.82, 2.24) is 5.48 Å². The molecule has 0 bridgehead atoms. The lowest BCUT2D eigenvalue weighted by Gasteiger charge is -2.41. The van der Waals surface area contributed by atoms with Crippen LogP contribution in [0.15, 0.2) is 60.7 Å². The predicted octanol–water partition coefficient (Wildman–Crippen LogP) is 3.52. The Balaban J connectivity index is 1.48. The molecule has 0 unspecified atom stereocenters. The largest absolute Gasteiger partial charge is 0.460 e. The summed E-state index contributed by atoms with van der Waals surface area (Å²) in [5.41, 5.74) is 5.21. The summed E-state index contributed by atoms with van der Waals surface area (Å²) in [6, 6.07) is 19.6. The number of hydroxylamine groups is 1. The molecule has 1 aliphatic heterocycles. The number of rotatable bonds is 8. The van der Waals surface area contributed by atoms with Crippen LogP contribution in [0.4, 0.5) is 0 Å². The van der Waals surface area contributed by atoms with Crippen LogP contribution in [0.2, 0.25) is 0 Å². The summed E-state index contributed by atoms with van der Waals surface area (Å²) in [6.07, 6.45) is -1.20. The molecular weight excluding hydrogens is 410 g/mol. The molecule has 1 aliphatic carbocycles. The summed E-state index contributed by atoms with van der Waals surface area (Å²) >= 11 is 0. The van der Waals surface area contributed by atoms with Crippen molar-refractivity contribution in [3.05, 3.63) is 71.8 Å². The van der Waals surface area contributed by atoms with Crippen LogP contribution >= 0.6 is 0 Å². The van der Waals surface area contributed by atoms with Gasteiger partial charge in [0.05, 0.1) is 19.3 Å². The molecule has 0 radical (unpaired) electrons. The fraction of sp³-hybridized carbons (Fsp3) is 0.480. The standard InChI is InChI=1S/C25H31NO6/c1-17(27)30-21-14-20(26-29-16-19-12-8-5-9-13-19)22-24(32-25(2,3)31-22)23(21)28-15-18-10-6-4-7-11-18/h4-13,20-24,26H,14-16H2,1-3H3/t20-,21-,22+,23-,24-/m1/s1. The van der Waals surface area contributed by atoms with Crippen LogP contribution in [-0.4, -0.2) is 42.2 Å². The van der Waals surface area contributed by atoms with Crippen LogP contribution in [-0.2, 0) is 41.8 Å². The first kappa shape index (κ1) is 22.9. The summed E-state index contributed by atoms with van der Waals surface area (Å²) in [5, 5.41) is 0. The second-order valence-electron chi connectivity index (χ2n) is 8.71. The van der Waals surface area contributed by atoms with Crippen LogP contribution in [0.3, 0.4) is 0 Å². The average molecular weight is 442 g/mol. The van der Waals surface area contributed by atoms with E-state index < -0.39 is 24.1 Å². The molecule has 0 aromatic heterocycles. The van der Waals surface area contributed by atoms with Gasteiger partial charge in [-0.2, -0.15) is 5.48 Å². The normalized spacial score (nSPS) is 28.8. The second kappa shape index (κ2) is 10.1. The summed E-state index contributed by atoms with van der Waals surface area (Å²) in [4.78, 5) is 17.6. The van der Waals surface area contributed by atoms with Crippen molar-refractivity contribution in [3.63, 3.8) is 0 Å². The summed E-state index contributed by atoms with van der Waals surface area (Å²) in [7, 11) is 0. The lowest BCUT2D eigenvalue weighted by Crippen LogP contribution is -2.60. The van der Waals surface area contributed by atoms with Gasteiger partial charge in [-0.05, 0) is 25.0 Å². The van der Waals surface area contributed by atoms with Gasteiger partial charge in [0.15, 0.2) is 5.79 Å². The van der Waals surface area contributed by atoms with E-state index in [1.54, 1.807) is 0 Å². The zero-order valence-corrected chi connectivity index (χ0v) is 18.7. The Morgan fingerprint density at radius 2 is 1.56 bits per heavy atom. The predicted molar refractivity (Wildman–Crippen MR) is 117 cm³/mol. The van der Waals surface area contributed by atoms with E-state index in [0.717, 1.165) is 11.1 Å². The highest BCUT2D eigenvalue weighted by Crippen LogP contribution is 2.39. The topological polar surface area (TPSA) is 75.3 Å². The molecule has 2 aromatic carbocycles. The highest BCUT2D eigenvalue weighted by atomic mass is 16.8. The average Bonchev–Trinajstić information content (AvgIpc) is 3.09. The SMILES string of the molecule is CC(=O)O[C@@H]1C[C@@H](NOCc2ccccc2)[C@@H]2OC(C)(C)O[C@H]2[C@@H]1OCc1ccccc1. The highest BCUT2D eigenvalue weighted by molar-refractivity contribution is 5.66. The quantitative estimate of drug-likeness (QED) is 0.496. The summed E-state index contributed by atoms with van der Waals surface area (Å²) in [5.74, 6) is -1.14. The van der Waals surface area contributed by atoms with E-state index in [4.69, 9.17) is 23.8 Å². The third-order valence-electron chi connectivity index (χ3n) is 5.66. The number of esters is 1. The van der Waals surface area contributed by atoms with Crippen LogP contribution in [0, 0.1) is 0 Å². The van der Waals surface area contributed by atoms with Crippen molar-refractivity contribution >= 4 is 5.97 Å². The van der Waals surface area contributed by atoms with E-state index in [9.17, 15) is 4.79 Å². The minimum absolute atomic E-state index is 0.230. The Morgan fingerprint density at radius 3 is 2.19 bits per heavy atom. The Bertz CT molecular complexity index is 875. The third kappa shape index (κ3) is 5.74. The van der Waals surface area contributed by atoms with Gasteiger partial charge in [0.2, 0.25) is 0 Å². The Morgan fingerprint density at radius 1 is 0.969 bits per heavy atom. The minimum atomic E-state index is -0.784. The van der Waals surface area contributed by atoms with Gasteiger partial charge >= 0.3 is 5.97 Å². The lowest BCUT2D eigenvalue weighted by atomic mass is 9.85. The molecule has 7 nitrogen and oxygen atoms in total. The zero-order valence-electron chi connectivity index (χ0n) is 18.7. The van der Waals surface area contributed by atoms with Crippen molar-refractivity contribution in [2.24, 2.45) is 0 Å². The van der Waals surface area contributed by atoms with Crippen LogP contribution in [0.1, 0.15) is 38.3 Å². The van der Waals surface area contributed by atoms with Crippen molar-refractivity contribution in [1.29, 1.82) is 0 Å². The number of carbonyl (C=O) groups is 1. The molecule has 32 heavy (non-hydrogen) atoms. The first-order valence-corrected chi connectivity index (χ1v) is 11.0. The number of ether oxygens (including phenoxy) is 4. The second-order valence-corrected chi connectivity index (χ2v) is 8.71. The van der Waals surface area contributed by atoms with Crippen molar-refractivity contribution in [3.8, 4) is 0 Å². The van der Waals surface area contributed by atoms with Gasteiger partial charge in [0, 0.05) is 13.3 Å². The maximum absolute atomic E-state index is 11.9. The number of fused-ring (bicyclic) bond motifs is 1. The molecule has 7 heteroatoms. The molecule has 1 heterocycles. The van der Waals surface area contributed by atoms with E-state index >= 15 is 0 Å². The first-order valence-electron chi connectivity index (χ1n) is 11.0. The van der Waals surface area contributed by atoms with Crippen molar-refractivity contribution < 1.29 is 28.6 Å². The molecular formula is C25H31NO6. The number of nitrogens with one attached hydrogen (secondary N) is 1. The zero-order chi connectivity index (χ0) is 22.6. The van der Waals surface area contributed by atoms with Gasteiger partial charge in [-0.15, -0.1) is 0 Å². The summed E-state index contributed by atoms with van der Waals surface area (Å²) in [6.45, 7) is 5.96. The Hall–Kier alpha value is -2.29. The van der Waals surface area contributed by atoms with Crippen LogP contribution in [0.5, 0.6) is 0 Å². The fourth-order valence-electron chi connectivity index (χ4n) is 4.33. The Labute approximate surface area is 188 Å². The van der Waals surface area contributed by atoms with E-state index in [-0.39, 0.29) is 18.1 Å². The van der Waals surface area contributed by atoms with Crippen molar-refractivity contribution in [2.75, 3.05) is 0 Å². The molecule has 1 saturated heterocycles. The molecule has 1 saturated carbocycles. The fourth-order valence-corrected chi connectivity index (χ4v) is 4.33. The smallest absolute Gasteiger partial charge is 0.302 e. The maximum atomic E-state index is 11.9. The van der Waals surface area contributed by atoms with Gasteiger partial charge in [0.1, 0.15) is 24.4 Å². The van der Waals surface area contributed by atoms with E-state index in [1.165, 1.54) is 6.92 Å². The van der Waals surface area contributed by atoms with Crippen molar-refractivity contribution in [2.45, 2.75) is 76.7 Å². The van der Waals surface area contributed by atoms with E-state index in [1.807, 2.05) is 74.5 Å². The lowest BCUT2D eigenvalue weighted by molar-refractivity contribution is -0.188. The van der Waals surface area contributed by atoms with Crippen LogP contribution in [0.25, 0.3) is 0 Å². The molecule has 5 atom stereocenters. The number of benzene rings is 2. The van der Waals surface area contributed by atoms with Gasteiger partial charge in [0.25, 0.3) is 0 Å². The number of hydrogen-bond donors (Lipinski definition) is 1. The molecule has 2 aromatic rings. The highest BCUT2D eigenvalue weighted by Gasteiger charge is 2.56. The van der Waals surface area contributed by atoms with E-state index in [0.29, 0.717) is 19.6 Å². The molecule has 0 amide bonds. The molecule has 172 valence electrons. The van der Waals surface area contributed by atoms with Gasteiger partial charge < -0.3 is 18.9 Å². The summed E-state index contributed by atoms with van der Waals surface area (Å²) < 4.78 is 24.4. The van der Waals surface area contributed by atoms with Crippen LogP contribution < -0.4 is 5.48 Å². The molecule has 0 spiro atoms. The maximum Gasteiger partial charge on any atom is 0.302 e. The molecule has 2 aliphatic rings. The van der Waals surface area contributed by atoms with E-state index in [2.05, 4.69) is 5.48 Å². The molecule has 1 N–H and O–H groups in total. The first-order chi connectivity index (χ1) is 15.4.